The second kappa shape index (κ2) is 4.26. The molecule has 0 unspecified atom stereocenters. The second-order valence-electron chi connectivity index (χ2n) is 3.96. The number of hydrogen-bond acceptors (Lipinski definition) is 2. The summed E-state index contributed by atoms with van der Waals surface area (Å²) in [6, 6.07) is 11.5. The average Bonchev–Trinajstić information content (AvgIpc) is 2.34. The monoisotopic (exact) mass is 224 g/mol. The maximum atomic E-state index is 11.9. The summed E-state index contributed by atoms with van der Waals surface area (Å²) in [6.45, 7) is 1.91. The molecule has 3 heteroatoms. The number of benzene rings is 1. The van der Waals surface area contributed by atoms with E-state index in [-0.39, 0.29) is 11.1 Å². The van der Waals surface area contributed by atoms with Crippen molar-refractivity contribution in [1.29, 1.82) is 5.26 Å². The summed E-state index contributed by atoms with van der Waals surface area (Å²) in [7, 11) is 1.66. The van der Waals surface area contributed by atoms with Crippen LogP contribution >= 0.6 is 0 Å². The highest BCUT2D eigenvalue weighted by molar-refractivity contribution is 5.72. The van der Waals surface area contributed by atoms with Crippen molar-refractivity contribution in [2.24, 2.45) is 7.05 Å². The van der Waals surface area contributed by atoms with Gasteiger partial charge in [0.05, 0.1) is 0 Å². The molecule has 17 heavy (non-hydrogen) atoms. The average molecular weight is 224 g/mol. The fraction of sp³-hybridized carbons (Fsp3) is 0.143. The zero-order valence-corrected chi connectivity index (χ0v) is 9.77. The fourth-order valence-electron chi connectivity index (χ4n) is 1.97. The molecule has 0 aliphatic rings. The molecule has 0 aliphatic carbocycles. The Morgan fingerprint density at radius 2 is 1.88 bits per heavy atom. The number of pyridine rings is 1. The lowest BCUT2D eigenvalue weighted by molar-refractivity contribution is 0.848. The molecule has 1 heterocycles. The van der Waals surface area contributed by atoms with Gasteiger partial charge < -0.3 is 4.57 Å². The van der Waals surface area contributed by atoms with Crippen molar-refractivity contribution in [3.05, 3.63) is 58.0 Å². The summed E-state index contributed by atoms with van der Waals surface area (Å²) in [4.78, 5) is 11.9. The lowest BCUT2D eigenvalue weighted by Crippen LogP contribution is -2.20. The van der Waals surface area contributed by atoms with Gasteiger partial charge in [0.25, 0.3) is 5.56 Å². The molecule has 0 saturated heterocycles. The van der Waals surface area contributed by atoms with Crippen LogP contribution in [0.1, 0.15) is 11.1 Å². The third-order valence-electron chi connectivity index (χ3n) is 2.74. The smallest absolute Gasteiger partial charge is 0.268 e. The van der Waals surface area contributed by atoms with Crippen molar-refractivity contribution in [3.8, 4) is 17.2 Å². The minimum atomic E-state index is -0.253. The first-order valence-corrected chi connectivity index (χ1v) is 5.31. The van der Waals surface area contributed by atoms with E-state index in [2.05, 4.69) is 0 Å². The molecule has 0 radical (unpaired) electrons. The first-order chi connectivity index (χ1) is 8.15. The Bertz CT molecular complexity index is 648. The maximum Gasteiger partial charge on any atom is 0.268 e. The predicted molar refractivity (Wildman–Crippen MR) is 66.6 cm³/mol. The van der Waals surface area contributed by atoms with Crippen molar-refractivity contribution in [3.63, 3.8) is 0 Å². The molecule has 0 bridgehead atoms. The maximum absolute atomic E-state index is 11.9. The van der Waals surface area contributed by atoms with Gasteiger partial charge in [-0.05, 0) is 18.1 Å². The van der Waals surface area contributed by atoms with Crippen LogP contribution < -0.4 is 5.56 Å². The van der Waals surface area contributed by atoms with Crippen LogP contribution in [0.4, 0.5) is 0 Å². The van der Waals surface area contributed by atoms with E-state index in [0.29, 0.717) is 0 Å². The SMILES string of the molecule is Cc1cn(C)c(=O)c(C#N)c1-c1ccccc1. The minimum Gasteiger partial charge on any atom is -0.317 e. The van der Waals surface area contributed by atoms with Gasteiger partial charge in [0, 0.05) is 18.8 Å². The van der Waals surface area contributed by atoms with E-state index in [9.17, 15) is 4.79 Å². The molecule has 1 aromatic heterocycles. The molecule has 1 aromatic carbocycles. The van der Waals surface area contributed by atoms with Gasteiger partial charge in [-0.3, -0.25) is 4.79 Å². The van der Waals surface area contributed by atoms with Gasteiger partial charge in [-0.1, -0.05) is 30.3 Å². The van der Waals surface area contributed by atoms with Crippen LogP contribution in [0.15, 0.2) is 41.3 Å². The van der Waals surface area contributed by atoms with Crippen LogP contribution in [-0.4, -0.2) is 4.57 Å². The lowest BCUT2D eigenvalue weighted by Gasteiger charge is -2.09. The normalized spacial score (nSPS) is 9.94. The highest BCUT2D eigenvalue weighted by atomic mass is 16.1. The van der Waals surface area contributed by atoms with Crippen molar-refractivity contribution >= 4 is 0 Å². The van der Waals surface area contributed by atoms with Gasteiger partial charge in [-0.25, -0.2) is 0 Å². The van der Waals surface area contributed by atoms with Gasteiger partial charge >= 0.3 is 0 Å². The van der Waals surface area contributed by atoms with Crippen molar-refractivity contribution in [2.45, 2.75) is 6.92 Å². The van der Waals surface area contributed by atoms with E-state index in [1.807, 2.05) is 43.3 Å². The number of nitrogens with zero attached hydrogens (tertiary/aromatic N) is 2. The molecular weight excluding hydrogens is 212 g/mol. The summed E-state index contributed by atoms with van der Waals surface area (Å²) in [5.41, 5.74) is 2.51. The quantitative estimate of drug-likeness (QED) is 0.745. The van der Waals surface area contributed by atoms with Crippen molar-refractivity contribution < 1.29 is 0 Å². The zero-order valence-electron chi connectivity index (χ0n) is 9.77. The number of nitriles is 1. The first kappa shape index (κ1) is 11.2. The number of aromatic nitrogens is 1. The standard InChI is InChI=1S/C14H12N2O/c1-10-9-16(2)14(17)12(8-15)13(10)11-6-4-3-5-7-11/h3-7,9H,1-2H3. The molecule has 2 rings (SSSR count). The van der Waals surface area contributed by atoms with Crippen LogP contribution in [0.25, 0.3) is 11.1 Å². The topological polar surface area (TPSA) is 45.8 Å². The summed E-state index contributed by atoms with van der Waals surface area (Å²) in [6.07, 6.45) is 1.76. The zero-order chi connectivity index (χ0) is 12.4. The molecule has 0 atom stereocenters. The molecule has 0 aliphatic heterocycles. The van der Waals surface area contributed by atoms with Gasteiger partial charge in [0.1, 0.15) is 11.6 Å². The van der Waals surface area contributed by atoms with Crippen LogP contribution in [0.5, 0.6) is 0 Å². The predicted octanol–water partition coefficient (Wildman–Crippen LogP) is 2.23. The Labute approximate surface area is 99.6 Å². The Morgan fingerprint density at radius 1 is 1.24 bits per heavy atom. The van der Waals surface area contributed by atoms with E-state index in [0.717, 1.165) is 16.7 Å². The van der Waals surface area contributed by atoms with Crippen molar-refractivity contribution in [2.75, 3.05) is 0 Å². The molecule has 0 fully saturated rings. The highest BCUT2D eigenvalue weighted by Gasteiger charge is 2.13. The third-order valence-corrected chi connectivity index (χ3v) is 2.74. The van der Waals surface area contributed by atoms with E-state index in [1.165, 1.54) is 4.57 Å². The third kappa shape index (κ3) is 1.85. The van der Waals surface area contributed by atoms with Gasteiger partial charge in [-0.15, -0.1) is 0 Å². The molecular formula is C14H12N2O. The van der Waals surface area contributed by atoms with E-state index >= 15 is 0 Å². The molecule has 0 saturated carbocycles. The Hall–Kier alpha value is -2.34. The van der Waals surface area contributed by atoms with E-state index in [4.69, 9.17) is 5.26 Å². The summed E-state index contributed by atoms with van der Waals surface area (Å²) in [5, 5.41) is 9.15. The van der Waals surface area contributed by atoms with Gasteiger partial charge in [0.2, 0.25) is 0 Å². The first-order valence-electron chi connectivity index (χ1n) is 5.31. The second-order valence-corrected chi connectivity index (χ2v) is 3.96. The fourth-order valence-corrected chi connectivity index (χ4v) is 1.97. The Morgan fingerprint density at radius 3 is 2.47 bits per heavy atom. The minimum absolute atomic E-state index is 0.207. The molecule has 0 N–H and O–H groups in total. The molecule has 2 aromatic rings. The van der Waals surface area contributed by atoms with Crippen LogP contribution in [0, 0.1) is 18.3 Å². The van der Waals surface area contributed by atoms with Crippen molar-refractivity contribution in [1.82, 2.24) is 4.57 Å². The summed E-state index contributed by atoms with van der Waals surface area (Å²) >= 11 is 0. The number of aryl methyl sites for hydroxylation is 2. The summed E-state index contributed by atoms with van der Waals surface area (Å²) in [5.74, 6) is 0. The van der Waals surface area contributed by atoms with E-state index in [1.54, 1.807) is 13.2 Å². The molecule has 0 amide bonds. The molecule has 0 spiro atoms. The molecule has 84 valence electrons. The number of hydrogen-bond donors (Lipinski definition) is 0. The lowest BCUT2D eigenvalue weighted by atomic mass is 9.98. The summed E-state index contributed by atoms with van der Waals surface area (Å²) < 4.78 is 1.44. The van der Waals surface area contributed by atoms with E-state index < -0.39 is 0 Å². The Kier molecular flexibility index (Phi) is 2.80. The van der Waals surface area contributed by atoms with Crippen LogP contribution in [0.3, 0.4) is 0 Å². The molecule has 3 nitrogen and oxygen atoms in total. The van der Waals surface area contributed by atoms with Gasteiger partial charge in [0.15, 0.2) is 0 Å². The Balaban J connectivity index is 2.84. The number of rotatable bonds is 1. The van der Waals surface area contributed by atoms with Crippen LogP contribution in [0.2, 0.25) is 0 Å². The highest BCUT2D eigenvalue weighted by Crippen LogP contribution is 2.24. The van der Waals surface area contributed by atoms with Crippen LogP contribution in [-0.2, 0) is 7.05 Å². The largest absolute Gasteiger partial charge is 0.317 e. The van der Waals surface area contributed by atoms with Gasteiger partial charge in [-0.2, -0.15) is 5.26 Å².